The van der Waals surface area contributed by atoms with E-state index in [0.29, 0.717) is 5.69 Å². The van der Waals surface area contributed by atoms with E-state index in [1.165, 1.54) is 12.1 Å². The fraction of sp³-hybridized carbons (Fsp3) is 0.250. The smallest absolute Gasteiger partial charge is 0.189 e. The molecule has 0 spiro atoms. The molecule has 0 fully saturated rings. The number of rotatable bonds is 1. The summed E-state index contributed by atoms with van der Waals surface area (Å²) < 4.78 is 26.5. The molecular weight excluding hydrogens is 212 g/mol. The summed E-state index contributed by atoms with van der Waals surface area (Å²) in [5.41, 5.74) is 0.245. The molecule has 1 heterocycles. The van der Waals surface area contributed by atoms with Crippen molar-refractivity contribution in [2.75, 3.05) is 0 Å². The Balaban J connectivity index is 2.89. The largest absolute Gasteiger partial charge is 0.355 e. The van der Waals surface area contributed by atoms with Gasteiger partial charge in [-0.15, -0.1) is 0 Å². The second-order valence-electron chi connectivity index (χ2n) is 4.03. The highest BCUT2D eigenvalue weighted by Gasteiger charge is 2.11. The molecule has 0 aliphatic heterocycles. The molecular formula is C12H11F2NO. The molecule has 16 heavy (non-hydrogen) atoms. The second-order valence-corrected chi connectivity index (χ2v) is 4.03. The predicted octanol–water partition coefficient (Wildman–Crippen LogP) is 2.93. The fourth-order valence-electron chi connectivity index (χ4n) is 1.59. The van der Waals surface area contributed by atoms with Crippen molar-refractivity contribution in [2.45, 2.75) is 19.8 Å². The number of hydrogen-bond acceptors (Lipinski definition) is 1. The Morgan fingerprint density at radius 3 is 2.56 bits per heavy atom. The third kappa shape index (κ3) is 1.60. The van der Waals surface area contributed by atoms with Gasteiger partial charge in [0, 0.05) is 17.1 Å². The third-order valence-corrected chi connectivity index (χ3v) is 2.54. The van der Waals surface area contributed by atoms with Crippen molar-refractivity contribution < 1.29 is 8.78 Å². The molecule has 2 aromatic rings. The molecule has 0 aliphatic carbocycles. The molecule has 2 rings (SSSR count). The first-order valence-corrected chi connectivity index (χ1v) is 5.01. The van der Waals surface area contributed by atoms with E-state index in [1.807, 2.05) is 13.8 Å². The summed E-state index contributed by atoms with van der Waals surface area (Å²) in [5.74, 6) is -1.90. The average molecular weight is 223 g/mol. The zero-order valence-electron chi connectivity index (χ0n) is 8.97. The minimum atomic E-state index is -1.00. The highest BCUT2D eigenvalue weighted by Crippen LogP contribution is 2.18. The van der Waals surface area contributed by atoms with Crippen LogP contribution in [-0.2, 0) is 0 Å². The first kappa shape index (κ1) is 10.8. The van der Waals surface area contributed by atoms with Crippen molar-refractivity contribution in [1.82, 2.24) is 4.98 Å². The minimum Gasteiger partial charge on any atom is -0.355 e. The zero-order valence-corrected chi connectivity index (χ0v) is 8.97. The second kappa shape index (κ2) is 3.70. The quantitative estimate of drug-likeness (QED) is 0.792. The summed E-state index contributed by atoms with van der Waals surface area (Å²) in [6, 6.07) is 3.67. The van der Waals surface area contributed by atoms with Gasteiger partial charge in [-0.25, -0.2) is 8.78 Å². The van der Waals surface area contributed by atoms with E-state index in [-0.39, 0.29) is 22.2 Å². The van der Waals surface area contributed by atoms with Gasteiger partial charge in [-0.1, -0.05) is 13.8 Å². The molecule has 2 nitrogen and oxygen atoms in total. The summed E-state index contributed by atoms with van der Waals surface area (Å²) in [4.78, 5) is 14.4. The summed E-state index contributed by atoms with van der Waals surface area (Å²) in [6.07, 6.45) is 0. The van der Waals surface area contributed by atoms with Crippen LogP contribution in [0.3, 0.4) is 0 Å². The number of H-pyrrole nitrogens is 1. The first-order chi connectivity index (χ1) is 7.50. The van der Waals surface area contributed by atoms with Crippen LogP contribution in [0.5, 0.6) is 0 Å². The summed E-state index contributed by atoms with van der Waals surface area (Å²) >= 11 is 0. The molecule has 84 valence electrons. The number of aromatic amines is 1. The van der Waals surface area contributed by atoms with Gasteiger partial charge in [0.1, 0.15) is 0 Å². The predicted molar refractivity (Wildman–Crippen MR) is 58.6 cm³/mol. The fourth-order valence-corrected chi connectivity index (χ4v) is 1.59. The van der Waals surface area contributed by atoms with Gasteiger partial charge in [-0.3, -0.25) is 4.79 Å². The van der Waals surface area contributed by atoms with E-state index in [0.717, 1.165) is 6.07 Å². The number of hydrogen-bond donors (Lipinski definition) is 1. The van der Waals surface area contributed by atoms with Crippen molar-refractivity contribution >= 4 is 10.9 Å². The number of nitrogens with one attached hydrogen (secondary N) is 1. The standard InChI is InChI=1S/C12H11F2NO/c1-6(2)9-5-10(16)7-3-4-8(13)11(14)12(7)15-9/h3-6H,1-2H3,(H,15,16). The highest BCUT2D eigenvalue weighted by atomic mass is 19.2. The van der Waals surface area contributed by atoms with Gasteiger partial charge in [0.2, 0.25) is 0 Å². The molecule has 1 N–H and O–H groups in total. The van der Waals surface area contributed by atoms with Crippen LogP contribution in [-0.4, -0.2) is 4.98 Å². The molecule has 0 aliphatic rings. The van der Waals surface area contributed by atoms with Crippen LogP contribution in [0.25, 0.3) is 10.9 Å². The minimum absolute atomic E-state index is 0.0553. The summed E-state index contributed by atoms with van der Waals surface area (Å²) in [5, 5.41) is 0.170. The zero-order chi connectivity index (χ0) is 11.9. The number of halogens is 2. The highest BCUT2D eigenvalue weighted by molar-refractivity contribution is 5.79. The van der Waals surface area contributed by atoms with Crippen molar-refractivity contribution in [3.63, 3.8) is 0 Å². The van der Waals surface area contributed by atoms with E-state index >= 15 is 0 Å². The third-order valence-electron chi connectivity index (χ3n) is 2.54. The SMILES string of the molecule is CC(C)c1cc(=O)c2ccc(F)c(F)c2[nH]1. The number of aromatic nitrogens is 1. The van der Waals surface area contributed by atoms with Crippen molar-refractivity contribution in [1.29, 1.82) is 0 Å². The van der Waals surface area contributed by atoms with Crippen LogP contribution in [0.15, 0.2) is 23.0 Å². The van der Waals surface area contributed by atoms with Crippen LogP contribution < -0.4 is 5.43 Å². The Morgan fingerprint density at radius 2 is 1.94 bits per heavy atom. The maximum absolute atomic E-state index is 13.5. The lowest BCUT2D eigenvalue weighted by molar-refractivity contribution is 0.515. The molecule has 1 aromatic heterocycles. The summed E-state index contributed by atoms with van der Waals surface area (Å²) in [6.45, 7) is 3.74. The van der Waals surface area contributed by atoms with E-state index in [2.05, 4.69) is 4.98 Å². The van der Waals surface area contributed by atoms with Crippen LogP contribution >= 0.6 is 0 Å². The Bertz CT molecular complexity index is 602. The molecule has 0 atom stereocenters. The van der Waals surface area contributed by atoms with Gasteiger partial charge in [0.25, 0.3) is 0 Å². The molecule has 4 heteroatoms. The number of benzene rings is 1. The van der Waals surface area contributed by atoms with Crippen molar-refractivity contribution in [2.24, 2.45) is 0 Å². The normalized spacial score (nSPS) is 11.3. The van der Waals surface area contributed by atoms with Gasteiger partial charge >= 0.3 is 0 Å². The monoisotopic (exact) mass is 223 g/mol. The average Bonchev–Trinajstić information content (AvgIpc) is 2.23. The summed E-state index contributed by atoms with van der Waals surface area (Å²) in [7, 11) is 0. The van der Waals surface area contributed by atoms with E-state index in [4.69, 9.17) is 0 Å². The molecule has 0 saturated heterocycles. The van der Waals surface area contributed by atoms with E-state index in [9.17, 15) is 13.6 Å². The van der Waals surface area contributed by atoms with Crippen LogP contribution in [0.4, 0.5) is 8.78 Å². The maximum Gasteiger partial charge on any atom is 0.189 e. The van der Waals surface area contributed by atoms with Crippen LogP contribution in [0.2, 0.25) is 0 Å². The lowest BCUT2D eigenvalue weighted by Gasteiger charge is -2.07. The maximum atomic E-state index is 13.5. The Hall–Kier alpha value is -1.71. The Kier molecular flexibility index (Phi) is 2.50. The van der Waals surface area contributed by atoms with E-state index < -0.39 is 11.6 Å². The molecule has 1 aromatic carbocycles. The molecule has 0 bridgehead atoms. The van der Waals surface area contributed by atoms with Crippen LogP contribution in [0, 0.1) is 11.6 Å². The number of pyridine rings is 1. The molecule has 0 unspecified atom stereocenters. The molecule has 0 saturated carbocycles. The van der Waals surface area contributed by atoms with E-state index in [1.54, 1.807) is 0 Å². The van der Waals surface area contributed by atoms with Crippen molar-refractivity contribution in [3.05, 3.63) is 45.8 Å². The first-order valence-electron chi connectivity index (χ1n) is 5.01. The Morgan fingerprint density at radius 1 is 1.25 bits per heavy atom. The Labute approximate surface area is 90.9 Å². The van der Waals surface area contributed by atoms with Crippen molar-refractivity contribution in [3.8, 4) is 0 Å². The lowest BCUT2D eigenvalue weighted by atomic mass is 10.1. The topological polar surface area (TPSA) is 32.9 Å². The van der Waals surface area contributed by atoms with Gasteiger partial charge in [-0.2, -0.15) is 0 Å². The van der Waals surface area contributed by atoms with Crippen LogP contribution in [0.1, 0.15) is 25.5 Å². The van der Waals surface area contributed by atoms with Gasteiger partial charge < -0.3 is 4.98 Å². The van der Waals surface area contributed by atoms with Gasteiger partial charge in [0.05, 0.1) is 5.52 Å². The molecule has 0 amide bonds. The lowest BCUT2D eigenvalue weighted by Crippen LogP contribution is -2.08. The molecule has 0 radical (unpaired) electrons. The van der Waals surface area contributed by atoms with Gasteiger partial charge in [-0.05, 0) is 18.1 Å². The number of fused-ring (bicyclic) bond motifs is 1. The van der Waals surface area contributed by atoms with Gasteiger partial charge in [0.15, 0.2) is 17.1 Å².